The Morgan fingerprint density at radius 1 is 1.04 bits per heavy atom. The van der Waals surface area contributed by atoms with Gasteiger partial charge < -0.3 is 16.0 Å². The number of carbonyl (C=O) groups is 3. The Morgan fingerprint density at radius 3 is 2.32 bits per heavy atom. The van der Waals surface area contributed by atoms with E-state index in [2.05, 4.69) is 12.2 Å². The highest BCUT2D eigenvalue weighted by Gasteiger charge is 2.35. The summed E-state index contributed by atoms with van der Waals surface area (Å²) in [6, 6.07) is -0.380. The number of imide groups is 1. The second-order valence-electron chi connectivity index (χ2n) is 7.72. The van der Waals surface area contributed by atoms with Gasteiger partial charge in [-0.15, -0.1) is 0 Å². The van der Waals surface area contributed by atoms with Crippen LogP contribution < -0.4 is 11.1 Å². The number of nitrogens with zero attached hydrogens (tertiary/aromatic N) is 2. The second kappa shape index (κ2) is 14.4. The van der Waals surface area contributed by atoms with E-state index < -0.39 is 0 Å². The summed E-state index contributed by atoms with van der Waals surface area (Å²) < 4.78 is 0. The third-order valence-electron chi connectivity index (χ3n) is 5.26. The van der Waals surface area contributed by atoms with Crippen molar-refractivity contribution in [3.05, 3.63) is 0 Å². The van der Waals surface area contributed by atoms with Gasteiger partial charge in [-0.05, 0) is 32.7 Å². The molecule has 0 aliphatic carbocycles. The minimum atomic E-state index is -0.252. The molecular formula is C21H40N4O3. The number of amides is 4. The number of nitrogens with two attached hydrogens (primary N) is 1. The number of rotatable bonds is 16. The van der Waals surface area contributed by atoms with E-state index in [0.29, 0.717) is 26.1 Å². The quantitative estimate of drug-likeness (QED) is 0.310. The van der Waals surface area contributed by atoms with Crippen molar-refractivity contribution in [3.63, 3.8) is 0 Å². The molecule has 1 atom stereocenters. The van der Waals surface area contributed by atoms with Crippen molar-refractivity contribution < 1.29 is 14.4 Å². The highest BCUT2D eigenvalue weighted by Crippen LogP contribution is 2.13. The highest BCUT2D eigenvalue weighted by atomic mass is 16.2. The Hall–Kier alpha value is -1.63. The first-order chi connectivity index (χ1) is 13.5. The fraction of sp³-hybridized carbons (Fsp3) is 0.857. The smallest absolute Gasteiger partial charge is 0.327 e. The van der Waals surface area contributed by atoms with Gasteiger partial charge >= 0.3 is 6.03 Å². The van der Waals surface area contributed by atoms with Crippen LogP contribution in [0.5, 0.6) is 0 Å². The zero-order valence-electron chi connectivity index (χ0n) is 17.9. The van der Waals surface area contributed by atoms with E-state index >= 15 is 0 Å². The first-order valence-corrected chi connectivity index (χ1v) is 11.1. The van der Waals surface area contributed by atoms with E-state index in [1.165, 1.54) is 37.0 Å². The van der Waals surface area contributed by atoms with Crippen LogP contribution in [0.1, 0.15) is 84.5 Å². The molecule has 0 aromatic heterocycles. The Bertz CT molecular complexity index is 484. The van der Waals surface area contributed by atoms with E-state index in [1.54, 1.807) is 11.8 Å². The van der Waals surface area contributed by atoms with Crippen molar-refractivity contribution in [2.75, 3.05) is 26.2 Å². The molecule has 7 heteroatoms. The topological polar surface area (TPSA) is 95.7 Å². The van der Waals surface area contributed by atoms with Gasteiger partial charge in [-0.25, -0.2) is 4.79 Å². The predicted molar refractivity (Wildman–Crippen MR) is 112 cm³/mol. The molecule has 0 spiro atoms. The molecule has 4 amide bonds. The number of hydrogen-bond donors (Lipinski definition) is 2. The molecule has 0 unspecified atom stereocenters. The third-order valence-corrected chi connectivity index (χ3v) is 5.26. The number of nitrogens with one attached hydrogen (secondary N) is 1. The summed E-state index contributed by atoms with van der Waals surface area (Å²) in [6.45, 7) is 5.49. The van der Waals surface area contributed by atoms with Crippen LogP contribution in [0, 0.1) is 0 Å². The Balaban J connectivity index is 2.41. The Morgan fingerprint density at radius 2 is 1.71 bits per heavy atom. The van der Waals surface area contributed by atoms with Crippen LogP contribution in [0.3, 0.4) is 0 Å². The molecule has 0 saturated carbocycles. The van der Waals surface area contributed by atoms with E-state index in [4.69, 9.17) is 5.73 Å². The lowest BCUT2D eigenvalue weighted by molar-refractivity contribution is -0.125. The van der Waals surface area contributed by atoms with Crippen molar-refractivity contribution in [3.8, 4) is 0 Å². The van der Waals surface area contributed by atoms with Gasteiger partial charge in [0.1, 0.15) is 6.54 Å². The van der Waals surface area contributed by atoms with Crippen LogP contribution >= 0.6 is 0 Å². The van der Waals surface area contributed by atoms with Crippen LogP contribution in [-0.2, 0) is 9.59 Å². The normalized spacial score (nSPS) is 15.4. The molecule has 1 rings (SSSR count). The molecule has 1 heterocycles. The summed E-state index contributed by atoms with van der Waals surface area (Å²) in [5.41, 5.74) is 5.58. The van der Waals surface area contributed by atoms with E-state index in [9.17, 15) is 14.4 Å². The highest BCUT2D eigenvalue weighted by molar-refractivity contribution is 6.01. The average molecular weight is 397 g/mol. The monoisotopic (exact) mass is 396 g/mol. The molecule has 7 nitrogen and oxygen atoms in total. The third kappa shape index (κ3) is 9.04. The van der Waals surface area contributed by atoms with Gasteiger partial charge in [0.25, 0.3) is 0 Å². The average Bonchev–Trinajstić information content (AvgIpc) is 2.93. The van der Waals surface area contributed by atoms with Crippen LogP contribution in [-0.4, -0.2) is 59.9 Å². The summed E-state index contributed by atoms with van der Waals surface area (Å²) in [5, 5.41) is 3.08. The summed E-state index contributed by atoms with van der Waals surface area (Å²) in [5.74, 6) is -0.126. The first-order valence-electron chi connectivity index (χ1n) is 11.1. The molecule has 162 valence electrons. The van der Waals surface area contributed by atoms with E-state index in [0.717, 1.165) is 32.1 Å². The van der Waals surface area contributed by atoms with Crippen LogP contribution in [0.4, 0.5) is 4.79 Å². The number of unbranched alkanes of at least 4 members (excludes halogenated alkanes) is 7. The van der Waals surface area contributed by atoms with Crippen molar-refractivity contribution in [1.29, 1.82) is 0 Å². The summed E-state index contributed by atoms with van der Waals surface area (Å²) >= 11 is 0. The Kier molecular flexibility index (Phi) is 12.5. The summed E-state index contributed by atoms with van der Waals surface area (Å²) in [6.07, 6.45) is 11.3. The van der Waals surface area contributed by atoms with Crippen LogP contribution in [0.2, 0.25) is 0 Å². The number of likely N-dealkylation sites (N-methyl/N-ethyl adjacent to an activating group) is 1. The predicted octanol–water partition coefficient (Wildman–Crippen LogP) is 3.03. The molecule has 1 saturated heterocycles. The van der Waals surface area contributed by atoms with Gasteiger partial charge in [-0.2, -0.15) is 0 Å². The second-order valence-corrected chi connectivity index (χ2v) is 7.72. The summed E-state index contributed by atoms with van der Waals surface area (Å²) in [7, 11) is 0. The zero-order valence-corrected chi connectivity index (χ0v) is 17.9. The van der Waals surface area contributed by atoms with Crippen molar-refractivity contribution in [2.24, 2.45) is 5.73 Å². The molecular weight excluding hydrogens is 356 g/mol. The molecule has 1 aliphatic rings. The van der Waals surface area contributed by atoms with Gasteiger partial charge in [-0.1, -0.05) is 51.9 Å². The largest absolute Gasteiger partial charge is 0.352 e. The molecule has 0 aromatic rings. The standard InChI is InChI=1S/C21H40N4O3/c1-3-5-6-7-8-9-10-14-19(26)23-18(13-11-12-15-22)16-24-17-20(27)25(4-2)21(24)28/h18H,3-17,22H2,1-2H3,(H,23,26)/t18-/m0/s1. The fourth-order valence-electron chi connectivity index (χ4n) is 3.60. The molecule has 0 aromatic carbocycles. The van der Waals surface area contributed by atoms with Crippen molar-refractivity contribution in [2.45, 2.75) is 90.5 Å². The van der Waals surface area contributed by atoms with Gasteiger partial charge in [0.05, 0.1) is 0 Å². The van der Waals surface area contributed by atoms with Gasteiger partial charge in [0.15, 0.2) is 0 Å². The number of carbonyl (C=O) groups excluding carboxylic acids is 3. The van der Waals surface area contributed by atoms with Gasteiger partial charge in [0, 0.05) is 25.6 Å². The van der Waals surface area contributed by atoms with E-state index in [1.807, 2.05) is 0 Å². The molecule has 1 aliphatic heterocycles. The fourth-order valence-corrected chi connectivity index (χ4v) is 3.60. The van der Waals surface area contributed by atoms with E-state index in [-0.39, 0.29) is 30.4 Å². The lowest BCUT2D eigenvalue weighted by atomic mass is 10.1. The molecule has 0 bridgehead atoms. The van der Waals surface area contributed by atoms with Crippen LogP contribution in [0.15, 0.2) is 0 Å². The Labute approximate surface area is 170 Å². The first kappa shape index (κ1) is 24.4. The molecule has 3 N–H and O–H groups in total. The zero-order chi connectivity index (χ0) is 20.8. The maximum absolute atomic E-state index is 12.3. The lowest BCUT2D eigenvalue weighted by Gasteiger charge is -2.24. The van der Waals surface area contributed by atoms with Gasteiger partial charge in [-0.3, -0.25) is 14.5 Å². The molecule has 1 fully saturated rings. The maximum Gasteiger partial charge on any atom is 0.327 e. The van der Waals surface area contributed by atoms with Crippen LogP contribution in [0.25, 0.3) is 0 Å². The SMILES string of the molecule is CCCCCCCCCC(=O)N[C@@H](CCCCN)CN1CC(=O)N(CC)C1=O. The lowest BCUT2D eigenvalue weighted by Crippen LogP contribution is -2.45. The molecule has 0 radical (unpaired) electrons. The molecule has 28 heavy (non-hydrogen) atoms. The number of urea groups is 1. The minimum Gasteiger partial charge on any atom is -0.352 e. The van der Waals surface area contributed by atoms with Crippen molar-refractivity contribution >= 4 is 17.8 Å². The summed E-state index contributed by atoms with van der Waals surface area (Å²) in [4.78, 5) is 39.4. The van der Waals surface area contributed by atoms with Crippen molar-refractivity contribution in [1.82, 2.24) is 15.1 Å². The minimum absolute atomic E-state index is 0.0385. The maximum atomic E-state index is 12.3. The number of hydrogen-bond acceptors (Lipinski definition) is 4. The van der Waals surface area contributed by atoms with Gasteiger partial charge in [0.2, 0.25) is 11.8 Å².